The maximum absolute atomic E-state index is 12.3. The monoisotopic (exact) mass is 287 g/mol. The van der Waals surface area contributed by atoms with E-state index in [0.29, 0.717) is 12.0 Å². The predicted octanol–water partition coefficient (Wildman–Crippen LogP) is 4.19. The molecule has 1 aromatic rings. The summed E-state index contributed by atoms with van der Waals surface area (Å²) in [4.78, 5) is 14.7. The maximum Gasteiger partial charge on any atom is 0.176 e. The van der Waals surface area contributed by atoms with Crippen LogP contribution in [0.25, 0.3) is 0 Å². The molecule has 1 aliphatic heterocycles. The number of carbonyl (C=O) groups excluding carboxylic acids is 1. The van der Waals surface area contributed by atoms with E-state index in [1.54, 1.807) is 0 Å². The van der Waals surface area contributed by atoms with Gasteiger partial charge in [-0.15, -0.1) is 0 Å². The molecule has 0 saturated carbocycles. The lowest BCUT2D eigenvalue weighted by Gasteiger charge is -2.38. The summed E-state index contributed by atoms with van der Waals surface area (Å²) in [6.45, 7) is 11.8. The van der Waals surface area contributed by atoms with E-state index in [1.807, 2.05) is 12.1 Å². The molecular weight excluding hydrogens is 258 g/mol. The van der Waals surface area contributed by atoms with Gasteiger partial charge in [-0.1, -0.05) is 52.0 Å². The molecule has 1 aromatic carbocycles. The lowest BCUT2D eigenvalue weighted by atomic mass is 9.75. The van der Waals surface area contributed by atoms with Gasteiger partial charge in [-0.25, -0.2) is 0 Å². The third-order valence-electron chi connectivity index (χ3n) is 4.86. The zero-order valence-electron chi connectivity index (χ0n) is 14.0. The molecule has 2 rings (SSSR count). The average Bonchev–Trinajstić information content (AvgIpc) is 2.47. The Balaban J connectivity index is 1.86. The molecule has 2 nitrogen and oxygen atoms in total. The first-order valence-corrected chi connectivity index (χ1v) is 8.24. The van der Waals surface area contributed by atoms with Crippen LogP contribution in [0.5, 0.6) is 0 Å². The lowest BCUT2D eigenvalue weighted by Crippen LogP contribution is -2.40. The number of piperidine rings is 1. The highest BCUT2D eigenvalue weighted by molar-refractivity contribution is 5.97. The second kappa shape index (κ2) is 6.74. The standard InChI is InChI=1S/C19H29NO/c1-5-15-6-8-16(9-7-15)18(21)14-20-12-10-17(11-13-20)19(2,3)4/h6-9,17H,5,10-14H2,1-4H3. The van der Waals surface area contributed by atoms with Crippen LogP contribution in [0.15, 0.2) is 24.3 Å². The van der Waals surface area contributed by atoms with Crippen LogP contribution < -0.4 is 0 Å². The minimum Gasteiger partial charge on any atom is -0.296 e. The van der Waals surface area contributed by atoms with Crippen molar-refractivity contribution < 1.29 is 4.79 Å². The number of rotatable bonds is 4. The molecule has 0 unspecified atom stereocenters. The first kappa shape index (κ1) is 16.2. The van der Waals surface area contributed by atoms with E-state index in [1.165, 1.54) is 18.4 Å². The van der Waals surface area contributed by atoms with Crippen LogP contribution in [0, 0.1) is 11.3 Å². The van der Waals surface area contributed by atoms with Gasteiger partial charge in [0.2, 0.25) is 0 Å². The Morgan fingerprint density at radius 1 is 1.14 bits per heavy atom. The number of benzene rings is 1. The summed E-state index contributed by atoms with van der Waals surface area (Å²) in [6, 6.07) is 8.09. The van der Waals surface area contributed by atoms with Crippen LogP contribution in [0.1, 0.15) is 56.5 Å². The summed E-state index contributed by atoms with van der Waals surface area (Å²) in [5.41, 5.74) is 2.54. The fourth-order valence-corrected chi connectivity index (χ4v) is 3.18. The molecule has 116 valence electrons. The van der Waals surface area contributed by atoms with Gasteiger partial charge in [-0.3, -0.25) is 9.69 Å². The Morgan fingerprint density at radius 2 is 1.71 bits per heavy atom. The van der Waals surface area contributed by atoms with Crippen molar-refractivity contribution in [2.24, 2.45) is 11.3 Å². The summed E-state index contributed by atoms with van der Waals surface area (Å²) in [7, 11) is 0. The zero-order chi connectivity index (χ0) is 15.5. The molecule has 0 aliphatic carbocycles. The van der Waals surface area contributed by atoms with Crippen LogP contribution in [0.4, 0.5) is 0 Å². The molecule has 0 atom stereocenters. The average molecular weight is 287 g/mol. The van der Waals surface area contributed by atoms with Gasteiger partial charge in [0.25, 0.3) is 0 Å². The summed E-state index contributed by atoms with van der Waals surface area (Å²) >= 11 is 0. The van der Waals surface area contributed by atoms with E-state index < -0.39 is 0 Å². The Kier molecular flexibility index (Phi) is 5.21. The van der Waals surface area contributed by atoms with Crippen molar-refractivity contribution in [3.63, 3.8) is 0 Å². The predicted molar refractivity (Wildman–Crippen MR) is 88.8 cm³/mol. The number of carbonyl (C=O) groups is 1. The molecule has 0 N–H and O–H groups in total. The molecule has 0 bridgehead atoms. The van der Waals surface area contributed by atoms with Crippen molar-refractivity contribution in [1.29, 1.82) is 0 Å². The quantitative estimate of drug-likeness (QED) is 0.774. The second-order valence-corrected chi connectivity index (χ2v) is 7.39. The molecular formula is C19H29NO. The van der Waals surface area contributed by atoms with Crippen LogP contribution in [-0.2, 0) is 6.42 Å². The van der Waals surface area contributed by atoms with Gasteiger partial charge in [0.15, 0.2) is 5.78 Å². The smallest absolute Gasteiger partial charge is 0.176 e. The number of Topliss-reactive ketones (excluding diaryl/α,β-unsaturated/α-hetero) is 1. The summed E-state index contributed by atoms with van der Waals surface area (Å²) in [5, 5.41) is 0. The minimum atomic E-state index is 0.256. The van der Waals surface area contributed by atoms with Gasteiger partial charge in [-0.2, -0.15) is 0 Å². The van der Waals surface area contributed by atoms with Gasteiger partial charge in [0, 0.05) is 5.56 Å². The Hall–Kier alpha value is -1.15. The minimum absolute atomic E-state index is 0.256. The van der Waals surface area contributed by atoms with Crippen molar-refractivity contribution in [3.05, 3.63) is 35.4 Å². The summed E-state index contributed by atoms with van der Waals surface area (Å²) in [5.74, 6) is 1.04. The van der Waals surface area contributed by atoms with Crippen molar-refractivity contribution in [2.45, 2.75) is 47.0 Å². The van der Waals surface area contributed by atoms with E-state index in [0.717, 1.165) is 31.0 Å². The van der Waals surface area contributed by atoms with Crippen molar-refractivity contribution in [3.8, 4) is 0 Å². The fourth-order valence-electron chi connectivity index (χ4n) is 3.18. The van der Waals surface area contributed by atoms with E-state index in [-0.39, 0.29) is 5.78 Å². The number of likely N-dealkylation sites (tertiary alicyclic amines) is 1. The lowest BCUT2D eigenvalue weighted by molar-refractivity contribution is 0.0822. The third kappa shape index (κ3) is 4.41. The first-order chi connectivity index (χ1) is 9.90. The van der Waals surface area contributed by atoms with Crippen LogP contribution in [0.3, 0.4) is 0 Å². The summed E-state index contributed by atoms with van der Waals surface area (Å²) < 4.78 is 0. The van der Waals surface area contributed by atoms with E-state index in [4.69, 9.17) is 0 Å². The van der Waals surface area contributed by atoms with Gasteiger partial charge in [-0.05, 0) is 49.2 Å². The van der Waals surface area contributed by atoms with Crippen LogP contribution >= 0.6 is 0 Å². The first-order valence-electron chi connectivity index (χ1n) is 8.24. The molecule has 0 radical (unpaired) electrons. The van der Waals surface area contributed by atoms with E-state index in [9.17, 15) is 4.79 Å². The highest BCUT2D eigenvalue weighted by Crippen LogP contribution is 2.34. The van der Waals surface area contributed by atoms with Gasteiger partial charge in [0.1, 0.15) is 0 Å². The molecule has 21 heavy (non-hydrogen) atoms. The molecule has 0 aromatic heterocycles. The van der Waals surface area contributed by atoms with Crippen LogP contribution in [-0.4, -0.2) is 30.3 Å². The van der Waals surface area contributed by atoms with E-state index >= 15 is 0 Å². The molecule has 1 saturated heterocycles. The second-order valence-electron chi connectivity index (χ2n) is 7.39. The molecule has 1 heterocycles. The Morgan fingerprint density at radius 3 is 2.19 bits per heavy atom. The third-order valence-corrected chi connectivity index (χ3v) is 4.86. The van der Waals surface area contributed by atoms with Crippen LogP contribution in [0.2, 0.25) is 0 Å². The van der Waals surface area contributed by atoms with Gasteiger partial charge in [0.05, 0.1) is 6.54 Å². The Labute approximate surface area is 129 Å². The number of aryl methyl sites for hydroxylation is 1. The highest BCUT2D eigenvalue weighted by Gasteiger charge is 2.29. The molecule has 1 fully saturated rings. The zero-order valence-corrected chi connectivity index (χ0v) is 14.0. The Bertz CT molecular complexity index is 461. The van der Waals surface area contributed by atoms with Gasteiger partial charge >= 0.3 is 0 Å². The number of nitrogens with zero attached hydrogens (tertiary/aromatic N) is 1. The highest BCUT2D eigenvalue weighted by atomic mass is 16.1. The molecule has 0 amide bonds. The molecule has 0 spiro atoms. The fraction of sp³-hybridized carbons (Fsp3) is 0.632. The number of ketones is 1. The topological polar surface area (TPSA) is 20.3 Å². The molecule has 1 aliphatic rings. The van der Waals surface area contributed by atoms with Crippen molar-refractivity contribution in [2.75, 3.05) is 19.6 Å². The molecule has 2 heteroatoms. The van der Waals surface area contributed by atoms with Crippen molar-refractivity contribution >= 4 is 5.78 Å². The van der Waals surface area contributed by atoms with Crippen molar-refractivity contribution in [1.82, 2.24) is 4.90 Å². The van der Waals surface area contributed by atoms with E-state index in [2.05, 4.69) is 44.7 Å². The largest absolute Gasteiger partial charge is 0.296 e. The normalized spacial score (nSPS) is 17.9. The number of hydrogen-bond acceptors (Lipinski definition) is 2. The number of hydrogen-bond donors (Lipinski definition) is 0. The maximum atomic E-state index is 12.3. The SMILES string of the molecule is CCc1ccc(C(=O)CN2CCC(C(C)(C)C)CC2)cc1. The summed E-state index contributed by atoms with van der Waals surface area (Å²) in [6.07, 6.45) is 3.45. The van der Waals surface area contributed by atoms with Gasteiger partial charge < -0.3 is 0 Å².